The molecule has 0 spiro atoms. The summed E-state index contributed by atoms with van der Waals surface area (Å²) in [5, 5.41) is 3.69. The first-order chi connectivity index (χ1) is 16.0. The van der Waals surface area contributed by atoms with E-state index in [9.17, 15) is 8.42 Å². The first-order valence-corrected chi connectivity index (χ1v) is 11.5. The van der Waals surface area contributed by atoms with Gasteiger partial charge in [0.15, 0.2) is 11.5 Å². The van der Waals surface area contributed by atoms with Gasteiger partial charge >= 0.3 is 0 Å². The molecule has 5 rings (SSSR count). The lowest BCUT2D eigenvalue weighted by Crippen LogP contribution is -2.10. The molecule has 0 saturated heterocycles. The van der Waals surface area contributed by atoms with E-state index >= 15 is 0 Å². The molecule has 0 aliphatic carbocycles. The normalized spacial score (nSPS) is 11.8. The number of benzene rings is 2. The van der Waals surface area contributed by atoms with Crippen LogP contribution in [0.2, 0.25) is 5.02 Å². The third-order valence-electron chi connectivity index (χ3n) is 4.99. The molecular formula is C21H16ClN7O3S. The molecule has 0 atom stereocenters. The maximum Gasteiger partial charge on any atom is 0.298 e. The standard InChI is InChI=1S/C21H16ClN7O3S/c1-32-33(30,31)16-8-4-7-14-18(16)29-15(17(28-14)12-5-2-3-6-13(12)22)9-23-20-19-21(25-10-24-19)27-11-26-20/h2-8,10-11H,9H2,1H3,(H2,23,24,25,26,27). The van der Waals surface area contributed by atoms with Crippen LogP contribution in [0.25, 0.3) is 33.5 Å². The number of anilines is 1. The lowest BCUT2D eigenvalue weighted by Gasteiger charge is -2.14. The van der Waals surface area contributed by atoms with Crippen molar-refractivity contribution in [1.29, 1.82) is 0 Å². The Bertz CT molecular complexity index is 1600. The van der Waals surface area contributed by atoms with Gasteiger partial charge in [0.25, 0.3) is 10.1 Å². The van der Waals surface area contributed by atoms with Crippen molar-refractivity contribution in [3.8, 4) is 11.3 Å². The average Bonchev–Trinajstić information content (AvgIpc) is 3.32. The maximum atomic E-state index is 12.5. The van der Waals surface area contributed by atoms with E-state index in [2.05, 4.69) is 30.2 Å². The number of rotatable bonds is 6. The van der Waals surface area contributed by atoms with E-state index in [1.807, 2.05) is 18.2 Å². The first-order valence-electron chi connectivity index (χ1n) is 9.71. The zero-order chi connectivity index (χ0) is 23.0. The Kier molecular flexibility index (Phi) is 5.36. The minimum absolute atomic E-state index is 0.0707. The smallest absolute Gasteiger partial charge is 0.298 e. The number of nitrogens with zero attached hydrogens (tertiary/aromatic N) is 5. The number of aromatic nitrogens is 6. The van der Waals surface area contributed by atoms with Crippen molar-refractivity contribution >= 4 is 49.7 Å². The fourth-order valence-corrected chi connectivity index (χ4v) is 4.47. The summed E-state index contributed by atoms with van der Waals surface area (Å²) in [4.78, 5) is 24.9. The van der Waals surface area contributed by atoms with E-state index in [0.29, 0.717) is 44.5 Å². The third kappa shape index (κ3) is 3.86. The van der Waals surface area contributed by atoms with Crippen molar-refractivity contribution in [3.63, 3.8) is 0 Å². The second-order valence-electron chi connectivity index (χ2n) is 6.92. The Balaban J connectivity index is 1.68. The second-order valence-corrected chi connectivity index (χ2v) is 9.01. The van der Waals surface area contributed by atoms with Crippen LogP contribution in [-0.2, 0) is 20.8 Å². The van der Waals surface area contributed by atoms with Crippen LogP contribution in [0.5, 0.6) is 0 Å². The van der Waals surface area contributed by atoms with Gasteiger partial charge in [0, 0.05) is 5.56 Å². The Labute approximate surface area is 193 Å². The Morgan fingerprint density at radius 2 is 1.88 bits per heavy atom. The minimum atomic E-state index is -4.00. The number of hydrogen-bond donors (Lipinski definition) is 2. The molecule has 0 aliphatic rings. The van der Waals surface area contributed by atoms with Crippen LogP contribution in [0.3, 0.4) is 0 Å². The SMILES string of the molecule is COS(=O)(=O)c1cccc2nc(-c3ccccc3Cl)c(CNc3ncnc4[nH]cnc34)nc12. The molecule has 0 radical (unpaired) electrons. The molecular weight excluding hydrogens is 466 g/mol. The fraction of sp³-hybridized carbons (Fsp3) is 0.0952. The quantitative estimate of drug-likeness (QED) is 0.349. The molecule has 3 aromatic heterocycles. The van der Waals surface area contributed by atoms with Gasteiger partial charge < -0.3 is 10.3 Å². The van der Waals surface area contributed by atoms with Crippen molar-refractivity contribution in [1.82, 2.24) is 29.9 Å². The molecule has 2 N–H and O–H groups in total. The summed E-state index contributed by atoms with van der Waals surface area (Å²) in [6, 6.07) is 11.9. The van der Waals surface area contributed by atoms with E-state index < -0.39 is 10.1 Å². The van der Waals surface area contributed by atoms with E-state index in [1.54, 1.807) is 18.2 Å². The molecule has 0 aliphatic heterocycles. The highest BCUT2D eigenvalue weighted by molar-refractivity contribution is 7.87. The predicted molar refractivity (Wildman–Crippen MR) is 123 cm³/mol. The molecule has 0 bridgehead atoms. The van der Waals surface area contributed by atoms with Crippen LogP contribution >= 0.6 is 11.6 Å². The lowest BCUT2D eigenvalue weighted by atomic mass is 10.1. The molecule has 5 aromatic rings. The number of imidazole rings is 1. The highest BCUT2D eigenvalue weighted by Gasteiger charge is 2.21. The zero-order valence-corrected chi connectivity index (χ0v) is 18.7. The Morgan fingerprint density at radius 3 is 2.70 bits per heavy atom. The van der Waals surface area contributed by atoms with Crippen molar-refractivity contribution in [2.24, 2.45) is 0 Å². The largest absolute Gasteiger partial charge is 0.362 e. The van der Waals surface area contributed by atoms with Crippen LogP contribution in [-0.4, -0.2) is 45.4 Å². The monoisotopic (exact) mass is 481 g/mol. The van der Waals surface area contributed by atoms with E-state index in [1.165, 1.54) is 18.7 Å². The summed E-state index contributed by atoms with van der Waals surface area (Å²) in [5.74, 6) is 0.492. The van der Waals surface area contributed by atoms with Gasteiger partial charge in [0.05, 0.1) is 41.9 Å². The van der Waals surface area contributed by atoms with Gasteiger partial charge in [-0.25, -0.2) is 24.9 Å². The molecule has 0 fully saturated rings. The number of halogens is 1. The highest BCUT2D eigenvalue weighted by atomic mass is 35.5. The zero-order valence-electron chi connectivity index (χ0n) is 17.2. The van der Waals surface area contributed by atoms with Gasteiger partial charge in [-0.15, -0.1) is 0 Å². The summed E-state index contributed by atoms with van der Waals surface area (Å²) >= 11 is 6.45. The minimum Gasteiger partial charge on any atom is -0.362 e. The van der Waals surface area contributed by atoms with E-state index in [-0.39, 0.29) is 17.0 Å². The van der Waals surface area contributed by atoms with Gasteiger partial charge in [-0.2, -0.15) is 8.42 Å². The average molecular weight is 482 g/mol. The first kappa shape index (κ1) is 21.2. The molecule has 0 unspecified atom stereocenters. The second kappa shape index (κ2) is 8.35. The molecule has 0 saturated carbocycles. The predicted octanol–water partition coefficient (Wildman–Crippen LogP) is 3.56. The van der Waals surface area contributed by atoms with Crippen molar-refractivity contribution in [2.45, 2.75) is 11.4 Å². The molecule has 166 valence electrons. The van der Waals surface area contributed by atoms with Crippen molar-refractivity contribution < 1.29 is 12.6 Å². The van der Waals surface area contributed by atoms with Crippen LogP contribution < -0.4 is 5.32 Å². The van der Waals surface area contributed by atoms with Crippen LogP contribution in [0.4, 0.5) is 5.82 Å². The number of para-hydroxylation sites is 1. The molecule has 3 heterocycles. The van der Waals surface area contributed by atoms with Crippen molar-refractivity contribution in [2.75, 3.05) is 12.4 Å². The maximum absolute atomic E-state index is 12.5. The summed E-state index contributed by atoms with van der Waals surface area (Å²) in [6.07, 6.45) is 2.94. The molecule has 10 nitrogen and oxygen atoms in total. The Hall–Kier alpha value is -3.67. The van der Waals surface area contributed by atoms with Gasteiger partial charge in [-0.1, -0.05) is 35.9 Å². The highest BCUT2D eigenvalue weighted by Crippen LogP contribution is 2.32. The number of hydrogen-bond acceptors (Lipinski definition) is 9. The summed E-state index contributed by atoms with van der Waals surface area (Å²) in [5.41, 5.74) is 3.38. The molecule has 33 heavy (non-hydrogen) atoms. The lowest BCUT2D eigenvalue weighted by molar-refractivity contribution is 0.398. The Morgan fingerprint density at radius 1 is 1.03 bits per heavy atom. The van der Waals surface area contributed by atoms with E-state index in [4.69, 9.17) is 20.8 Å². The molecule has 12 heteroatoms. The van der Waals surface area contributed by atoms with Crippen LogP contribution in [0, 0.1) is 0 Å². The fourth-order valence-electron chi connectivity index (χ4n) is 3.43. The van der Waals surface area contributed by atoms with Gasteiger partial charge in [-0.05, 0) is 18.2 Å². The number of fused-ring (bicyclic) bond motifs is 2. The summed E-state index contributed by atoms with van der Waals surface area (Å²) in [7, 11) is -2.90. The van der Waals surface area contributed by atoms with Crippen LogP contribution in [0.1, 0.15) is 5.69 Å². The third-order valence-corrected chi connectivity index (χ3v) is 6.62. The van der Waals surface area contributed by atoms with Gasteiger partial charge in [-0.3, -0.25) is 4.18 Å². The van der Waals surface area contributed by atoms with E-state index in [0.717, 1.165) is 7.11 Å². The number of aromatic amines is 1. The van der Waals surface area contributed by atoms with Crippen molar-refractivity contribution in [3.05, 3.63) is 65.8 Å². The summed E-state index contributed by atoms with van der Waals surface area (Å²) in [6.45, 7) is 0.170. The molecule has 2 aromatic carbocycles. The number of nitrogens with one attached hydrogen (secondary N) is 2. The summed E-state index contributed by atoms with van der Waals surface area (Å²) < 4.78 is 29.7. The van der Waals surface area contributed by atoms with Gasteiger partial charge in [0.2, 0.25) is 0 Å². The van der Waals surface area contributed by atoms with Crippen LogP contribution in [0.15, 0.2) is 60.0 Å². The van der Waals surface area contributed by atoms with Gasteiger partial charge in [0.1, 0.15) is 22.3 Å². The number of H-pyrrole nitrogens is 1. The molecule has 0 amide bonds. The topological polar surface area (TPSA) is 136 Å².